The van der Waals surface area contributed by atoms with E-state index in [9.17, 15) is 9.59 Å². The van der Waals surface area contributed by atoms with E-state index < -0.39 is 0 Å². The number of carbonyl (C=O) groups excluding carboxylic acids is 2. The summed E-state index contributed by atoms with van der Waals surface area (Å²) in [6, 6.07) is 0. The van der Waals surface area contributed by atoms with E-state index in [1.807, 2.05) is 6.92 Å². The molecule has 0 aliphatic carbocycles. The highest BCUT2D eigenvalue weighted by atomic mass is 16.1. The number of aldehydes is 2. The van der Waals surface area contributed by atoms with Crippen molar-refractivity contribution in [1.29, 1.82) is 0 Å². The third-order valence-electron chi connectivity index (χ3n) is 2.92. The minimum absolute atomic E-state index is 0.275. The van der Waals surface area contributed by atoms with Crippen molar-refractivity contribution >= 4 is 12.6 Å². The first kappa shape index (κ1) is 19.7. The fraction of sp³-hybridized carbons (Fsp3) is 0.875. The maximum atomic E-state index is 10.1. The molecule has 108 valence electrons. The molecule has 18 heavy (non-hydrogen) atoms. The normalized spacial score (nSPS) is 11.3. The smallest absolute Gasteiger partial charge is 0.122 e. The van der Waals surface area contributed by atoms with Gasteiger partial charge in [0.2, 0.25) is 0 Å². The number of rotatable bonds is 11. The molecule has 0 aromatic rings. The Labute approximate surface area is 114 Å². The van der Waals surface area contributed by atoms with E-state index in [2.05, 4.69) is 13.8 Å². The molecule has 0 heterocycles. The quantitative estimate of drug-likeness (QED) is 0.387. The zero-order chi connectivity index (χ0) is 14.1. The van der Waals surface area contributed by atoms with Gasteiger partial charge in [0, 0.05) is 12.3 Å². The Hall–Kier alpha value is -0.660. The van der Waals surface area contributed by atoms with Gasteiger partial charge in [0.1, 0.15) is 12.6 Å². The average molecular weight is 256 g/mol. The summed E-state index contributed by atoms with van der Waals surface area (Å²) in [6.45, 7) is 6.34. The van der Waals surface area contributed by atoms with Gasteiger partial charge in [-0.2, -0.15) is 0 Å². The Balaban J connectivity index is 0. The van der Waals surface area contributed by atoms with Crippen LogP contribution in [0.5, 0.6) is 0 Å². The van der Waals surface area contributed by atoms with E-state index in [1.54, 1.807) is 0 Å². The fourth-order valence-electron chi connectivity index (χ4n) is 1.62. The molecule has 0 fully saturated rings. The molecule has 0 radical (unpaired) electrons. The molecule has 0 saturated carbocycles. The van der Waals surface area contributed by atoms with Crippen LogP contribution >= 0.6 is 0 Å². The molecular formula is C16H32O2. The van der Waals surface area contributed by atoms with Gasteiger partial charge in [-0.15, -0.1) is 0 Å². The standard InChI is InChI=1S/2C8H16O/c1-3-4-5-6-8(2)7-9;1-2-3-4-5-6-7-8-9/h7-8H,3-6H2,1-2H3;8H,2-7H2,1H3. The van der Waals surface area contributed by atoms with Gasteiger partial charge in [-0.05, 0) is 12.8 Å². The minimum atomic E-state index is 0.275. The second-order valence-corrected chi connectivity index (χ2v) is 4.98. The molecule has 0 rings (SSSR count). The van der Waals surface area contributed by atoms with Crippen LogP contribution in [0.4, 0.5) is 0 Å². The molecule has 0 bridgehead atoms. The fourth-order valence-corrected chi connectivity index (χ4v) is 1.62. The van der Waals surface area contributed by atoms with Crippen LogP contribution in [0.2, 0.25) is 0 Å². The predicted octanol–water partition coefficient (Wildman–Crippen LogP) is 4.95. The van der Waals surface area contributed by atoms with Crippen molar-refractivity contribution in [1.82, 2.24) is 0 Å². The summed E-state index contributed by atoms with van der Waals surface area (Å²) in [5, 5.41) is 0. The molecule has 0 aromatic carbocycles. The monoisotopic (exact) mass is 256 g/mol. The van der Waals surface area contributed by atoms with Crippen LogP contribution in [0.25, 0.3) is 0 Å². The molecule has 0 aromatic heterocycles. The minimum Gasteiger partial charge on any atom is -0.303 e. The molecular weight excluding hydrogens is 224 g/mol. The van der Waals surface area contributed by atoms with Crippen molar-refractivity contribution in [2.75, 3.05) is 0 Å². The Bertz CT molecular complexity index is 166. The molecule has 0 N–H and O–H groups in total. The summed E-state index contributed by atoms with van der Waals surface area (Å²) in [5.41, 5.74) is 0. The lowest BCUT2D eigenvalue weighted by atomic mass is 10.1. The Morgan fingerprint density at radius 2 is 1.39 bits per heavy atom. The van der Waals surface area contributed by atoms with Gasteiger partial charge < -0.3 is 9.59 Å². The number of unbranched alkanes of at least 4 members (excludes halogenated alkanes) is 7. The second-order valence-electron chi connectivity index (χ2n) is 4.98. The predicted molar refractivity (Wildman–Crippen MR) is 78.8 cm³/mol. The van der Waals surface area contributed by atoms with Crippen LogP contribution < -0.4 is 0 Å². The third kappa shape index (κ3) is 20.7. The highest BCUT2D eigenvalue weighted by Crippen LogP contribution is 2.05. The van der Waals surface area contributed by atoms with E-state index in [0.717, 1.165) is 31.8 Å². The second kappa shape index (κ2) is 18.7. The molecule has 1 unspecified atom stereocenters. The maximum absolute atomic E-state index is 10.1. The molecule has 0 spiro atoms. The van der Waals surface area contributed by atoms with Gasteiger partial charge in [-0.1, -0.05) is 65.7 Å². The number of hydrogen-bond acceptors (Lipinski definition) is 2. The lowest BCUT2D eigenvalue weighted by Gasteiger charge is -1.99. The van der Waals surface area contributed by atoms with Gasteiger partial charge in [-0.25, -0.2) is 0 Å². The molecule has 2 nitrogen and oxygen atoms in total. The van der Waals surface area contributed by atoms with Crippen molar-refractivity contribution in [3.63, 3.8) is 0 Å². The van der Waals surface area contributed by atoms with Crippen molar-refractivity contribution in [3.05, 3.63) is 0 Å². The van der Waals surface area contributed by atoms with Gasteiger partial charge in [0.25, 0.3) is 0 Å². The van der Waals surface area contributed by atoms with Crippen LogP contribution in [0.1, 0.15) is 85.0 Å². The maximum Gasteiger partial charge on any atom is 0.122 e. The lowest BCUT2D eigenvalue weighted by Crippen LogP contribution is -1.94. The highest BCUT2D eigenvalue weighted by molar-refractivity contribution is 5.52. The zero-order valence-electron chi connectivity index (χ0n) is 12.6. The first-order chi connectivity index (χ1) is 8.72. The van der Waals surface area contributed by atoms with Crippen LogP contribution in [-0.4, -0.2) is 12.6 Å². The first-order valence-corrected chi connectivity index (χ1v) is 7.61. The molecule has 0 saturated heterocycles. The summed E-state index contributed by atoms with van der Waals surface area (Å²) >= 11 is 0. The SMILES string of the molecule is CCCCCC(C)C=O.CCCCCCCC=O. The van der Waals surface area contributed by atoms with E-state index in [-0.39, 0.29) is 5.92 Å². The van der Waals surface area contributed by atoms with Crippen molar-refractivity contribution < 1.29 is 9.59 Å². The Morgan fingerprint density at radius 3 is 1.89 bits per heavy atom. The average Bonchev–Trinajstić information content (AvgIpc) is 2.39. The molecule has 0 aliphatic heterocycles. The van der Waals surface area contributed by atoms with E-state index in [1.165, 1.54) is 44.9 Å². The van der Waals surface area contributed by atoms with Gasteiger partial charge in [-0.3, -0.25) is 0 Å². The van der Waals surface area contributed by atoms with E-state index in [0.29, 0.717) is 0 Å². The van der Waals surface area contributed by atoms with Crippen LogP contribution in [0, 0.1) is 5.92 Å². The topological polar surface area (TPSA) is 34.1 Å². The number of carbonyl (C=O) groups is 2. The summed E-state index contributed by atoms with van der Waals surface area (Å²) < 4.78 is 0. The van der Waals surface area contributed by atoms with Crippen LogP contribution in [0.3, 0.4) is 0 Å². The van der Waals surface area contributed by atoms with Crippen molar-refractivity contribution in [2.45, 2.75) is 85.0 Å². The summed E-state index contributed by atoms with van der Waals surface area (Å²) in [7, 11) is 0. The first-order valence-electron chi connectivity index (χ1n) is 7.61. The largest absolute Gasteiger partial charge is 0.303 e. The van der Waals surface area contributed by atoms with Crippen molar-refractivity contribution in [2.24, 2.45) is 5.92 Å². The number of hydrogen-bond donors (Lipinski definition) is 0. The highest BCUT2D eigenvalue weighted by Gasteiger charge is 1.96. The summed E-state index contributed by atoms with van der Waals surface area (Å²) in [5.74, 6) is 0.275. The van der Waals surface area contributed by atoms with E-state index >= 15 is 0 Å². The molecule has 1 atom stereocenters. The van der Waals surface area contributed by atoms with Gasteiger partial charge >= 0.3 is 0 Å². The van der Waals surface area contributed by atoms with Crippen molar-refractivity contribution in [3.8, 4) is 0 Å². The van der Waals surface area contributed by atoms with Gasteiger partial charge in [0.05, 0.1) is 0 Å². The zero-order valence-corrected chi connectivity index (χ0v) is 12.6. The summed E-state index contributed by atoms with van der Waals surface area (Å²) in [6.07, 6.45) is 13.8. The summed E-state index contributed by atoms with van der Waals surface area (Å²) in [4.78, 5) is 19.9. The van der Waals surface area contributed by atoms with Crippen LogP contribution in [0.15, 0.2) is 0 Å². The Morgan fingerprint density at radius 1 is 0.833 bits per heavy atom. The molecule has 2 heteroatoms. The van der Waals surface area contributed by atoms with Gasteiger partial charge in [0.15, 0.2) is 0 Å². The third-order valence-corrected chi connectivity index (χ3v) is 2.92. The molecule has 0 aliphatic rings. The Kier molecular flexibility index (Phi) is 20.4. The van der Waals surface area contributed by atoms with E-state index in [4.69, 9.17) is 0 Å². The molecule has 0 amide bonds. The van der Waals surface area contributed by atoms with Crippen LogP contribution in [-0.2, 0) is 9.59 Å². The lowest BCUT2D eigenvalue weighted by molar-refractivity contribution is -0.111.